The van der Waals surface area contributed by atoms with E-state index in [0.717, 1.165) is 11.3 Å². The van der Waals surface area contributed by atoms with Crippen LogP contribution in [0, 0.1) is 5.92 Å². The molecule has 1 atom stereocenters. The number of benzene rings is 1. The number of nitrogens with one attached hydrogen (secondary N) is 2. The van der Waals surface area contributed by atoms with Crippen molar-refractivity contribution < 1.29 is 18.7 Å². The molecule has 2 N–H and O–H groups in total. The topological polar surface area (TPSA) is 80.6 Å². The third-order valence-electron chi connectivity index (χ3n) is 3.34. The number of rotatable bonds is 2. The van der Waals surface area contributed by atoms with E-state index >= 15 is 0 Å². The van der Waals surface area contributed by atoms with Gasteiger partial charge >= 0.3 is 5.91 Å². The Bertz CT molecular complexity index is 700. The number of hydrogen-bond donors (Lipinski definition) is 2. The minimum absolute atomic E-state index is 0.123. The lowest BCUT2D eigenvalue weighted by molar-refractivity contribution is -0.127. The first-order chi connectivity index (χ1) is 10.6. The lowest BCUT2D eigenvalue weighted by Gasteiger charge is -2.24. The number of fused-ring (bicyclic) bond motifs is 1. The maximum atomic E-state index is 12.1. The molecule has 0 aliphatic carbocycles. The van der Waals surface area contributed by atoms with Crippen LogP contribution >= 0.6 is 11.6 Å². The molecule has 0 bridgehead atoms. The molecule has 0 saturated heterocycles. The lowest BCUT2D eigenvalue weighted by atomic mass is 9.96. The first-order valence-corrected chi connectivity index (χ1v) is 7.06. The van der Waals surface area contributed by atoms with Gasteiger partial charge in [-0.3, -0.25) is 20.4 Å². The summed E-state index contributed by atoms with van der Waals surface area (Å²) in [6.07, 6.45) is 1.88. The van der Waals surface area contributed by atoms with Crippen molar-refractivity contribution in [1.82, 2.24) is 10.9 Å². The summed E-state index contributed by atoms with van der Waals surface area (Å²) in [6, 6.07) is 8.39. The van der Waals surface area contributed by atoms with Crippen LogP contribution in [0.1, 0.15) is 16.1 Å². The zero-order chi connectivity index (χ0) is 15.5. The smallest absolute Gasteiger partial charge is 0.305 e. The zero-order valence-corrected chi connectivity index (χ0v) is 12.2. The molecule has 3 rings (SSSR count). The molecule has 0 saturated carbocycles. The summed E-state index contributed by atoms with van der Waals surface area (Å²) < 4.78 is 10.5. The van der Waals surface area contributed by atoms with Gasteiger partial charge in [0.05, 0.1) is 12.2 Å². The average Bonchev–Trinajstić information content (AvgIpc) is 3.06. The van der Waals surface area contributed by atoms with Crippen molar-refractivity contribution in [3.05, 3.63) is 52.9 Å². The monoisotopic (exact) mass is 320 g/mol. The van der Waals surface area contributed by atoms with Gasteiger partial charge in [-0.1, -0.05) is 11.6 Å². The maximum Gasteiger partial charge on any atom is 0.305 e. The van der Waals surface area contributed by atoms with Crippen LogP contribution in [-0.4, -0.2) is 18.4 Å². The van der Waals surface area contributed by atoms with Gasteiger partial charge in [0, 0.05) is 5.02 Å². The van der Waals surface area contributed by atoms with Gasteiger partial charge in [0.25, 0.3) is 0 Å². The van der Waals surface area contributed by atoms with Crippen molar-refractivity contribution in [1.29, 1.82) is 0 Å². The van der Waals surface area contributed by atoms with E-state index in [1.165, 1.54) is 12.3 Å². The number of ether oxygens (including phenoxy) is 1. The molecule has 0 fully saturated rings. The van der Waals surface area contributed by atoms with Crippen LogP contribution in [0.2, 0.25) is 5.02 Å². The highest BCUT2D eigenvalue weighted by Gasteiger charge is 2.26. The third-order valence-corrected chi connectivity index (χ3v) is 3.58. The molecule has 1 aromatic heterocycles. The summed E-state index contributed by atoms with van der Waals surface area (Å²) in [5.74, 6) is -0.391. The summed E-state index contributed by atoms with van der Waals surface area (Å²) in [5.41, 5.74) is 5.55. The summed E-state index contributed by atoms with van der Waals surface area (Å²) >= 11 is 5.94. The van der Waals surface area contributed by atoms with Crippen molar-refractivity contribution in [2.75, 3.05) is 6.61 Å². The fraction of sp³-hybridized carbons (Fsp3) is 0.200. The number of hydrazine groups is 1. The highest BCUT2D eigenvalue weighted by molar-refractivity contribution is 6.30. The Hall–Kier alpha value is -2.47. The van der Waals surface area contributed by atoms with Crippen molar-refractivity contribution in [3.8, 4) is 5.75 Å². The molecule has 22 heavy (non-hydrogen) atoms. The van der Waals surface area contributed by atoms with E-state index < -0.39 is 11.8 Å². The van der Waals surface area contributed by atoms with Gasteiger partial charge in [0.1, 0.15) is 12.4 Å². The Balaban J connectivity index is 1.58. The SMILES string of the molecule is O=C(NNC(=O)[C@@H]1COc2ccc(Cl)cc2C1)c1ccco1. The highest BCUT2D eigenvalue weighted by atomic mass is 35.5. The second-order valence-electron chi connectivity index (χ2n) is 4.88. The average molecular weight is 321 g/mol. The van der Waals surface area contributed by atoms with E-state index in [0.29, 0.717) is 11.4 Å². The highest BCUT2D eigenvalue weighted by Crippen LogP contribution is 2.29. The van der Waals surface area contributed by atoms with E-state index in [9.17, 15) is 9.59 Å². The molecule has 1 aromatic carbocycles. The molecule has 2 amide bonds. The molecule has 2 aromatic rings. The van der Waals surface area contributed by atoms with Gasteiger partial charge in [-0.15, -0.1) is 0 Å². The summed E-state index contributed by atoms with van der Waals surface area (Å²) in [7, 11) is 0. The lowest BCUT2D eigenvalue weighted by Crippen LogP contribution is -2.46. The molecule has 0 unspecified atom stereocenters. The number of hydrogen-bond acceptors (Lipinski definition) is 4. The second kappa shape index (κ2) is 6.11. The molecule has 0 radical (unpaired) electrons. The number of amides is 2. The predicted octanol–water partition coefficient (Wildman–Crippen LogP) is 1.95. The Morgan fingerprint density at radius 1 is 1.23 bits per heavy atom. The summed E-state index contributed by atoms with van der Waals surface area (Å²) in [6.45, 7) is 0.247. The summed E-state index contributed by atoms with van der Waals surface area (Å²) in [4.78, 5) is 23.8. The molecule has 114 valence electrons. The Morgan fingerprint density at radius 3 is 2.86 bits per heavy atom. The van der Waals surface area contributed by atoms with Crippen molar-refractivity contribution >= 4 is 23.4 Å². The Kier molecular flexibility index (Phi) is 4.02. The van der Waals surface area contributed by atoms with Crippen molar-refractivity contribution in [2.45, 2.75) is 6.42 Å². The molecule has 6 nitrogen and oxygen atoms in total. The number of carbonyl (C=O) groups excluding carboxylic acids is 2. The van der Waals surface area contributed by atoms with Crippen LogP contribution in [0.15, 0.2) is 41.0 Å². The number of carbonyl (C=O) groups is 2. The Labute approximate surface area is 131 Å². The molecule has 0 spiro atoms. The molecular weight excluding hydrogens is 308 g/mol. The van der Waals surface area contributed by atoms with Crippen LogP contribution in [-0.2, 0) is 11.2 Å². The van der Waals surface area contributed by atoms with Crippen LogP contribution in [0.5, 0.6) is 5.75 Å². The van der Waals surface area contributed by atoms with E-state index in [4.69, 9.17) is 20.8 Å². The van der Waals surface area contributed by atoms with Crippen LogP contribution < -0.4 is 15.6 Å². The van der Waals surface area contributed by atoms with Crippen LogP contribution in [0.4, 0.5) is 0 Å². The number of furan rings is 1. The number of halogens is 1. The van der Waals surface area contributed by atoms with E-state index in [2.05, 4.69) is 10.9 Å². The molecular formula is C15H13ClN2O4. The normalized spacial score (nSPS) is 16.3. The zero-order valence-electron chi connectivity index (χ0n) is 11.5. The molecule has 1 aliphatic rings. The quantitative estimate of drug-likeness (QED) is 0.829. The molecule has 7 heteroatoms. The molecule has 1 aliphatic heterocycles. The van der Waals surface area contributed by atoms with Gasteiger partial charge < -0.3 is 9.15 Å². The first kappa shape index (κ1) is 14.5. The summed E-state index contributed by atoms with van der Waals surface area (Å²) in [5, 5.41) is 0.592. The van der Waals surface area contributed by atoms with Gasteiger partial charge in [-0.05, 0) is 42.3 Å². The van der Waals surface area contributed by atoms with E-state index in [1.807, 2.05) is 0 Å². The van der Waals surface area contributed by atoms with Gasteiger partial charge in [-0.25, -0.2) is 0 Å². The fourth-order valence-corrected chi connectivity index (χ4v) is 2.42. The van der Waals surface area contributed by atoms with E-state index in [1.54, 1.807) is 24.3 Å². The van der Waals surface area contributed by atoms with E-state index in [-0.39, 0.29) is 18.3 Å². The van der Waals surface area contributed by atoms with Crippen LogP contribution in [0.25, 0.3) is 0 Å². The minimum Gasteiger partial charge on any atom is -0.492 e. The second-order valence-corrected chi connectivity index (χ2v) is 5.32. The predicted molar refractivity (Wildman–Crippen MR) is 78.5 cm³/mol. The molecule has 2 heterocycles. The van der Waals surface area contributed by atoms with Crippen molar-refractivity contribution in [3.63, 3.8) is 0 Å². The first-order valence-electron chi connectivity index (χ1n) is 6.68. The third kappa shape index (κ3) is 3.07. The van der Waals surface area contributed by atoms with Gasteiger partial charge in [0.2, 0.25) is 5.91 Å². The van der Waals surface area contributed by atoms with Gasteiger partial charge in [0.15, 0.2) is 5.76 Å². The fourth-order valence-electron chi connectivity index (χ4n) is 2.22. The standard InChI is InChI=1S/C15H13ClN2O4/c16-11-3-4-12-9(7-11)6-10(8-22-12)14(19)17-18-15(20)13-2-1-5-21-13/h1-5,7,10H,6,8H2,(H,17,19)(H,18,20)/t10-/m0/s1. The largest absolute Gasteiger partial charge is 0.492 e. The minimum atomic E-state index is -0.515. The maximum absolute atomic E-state index is 12.1. The van der Waals surface area contributed by atoms with Gasteiger partial charge in [-0.2, -0.15) is 0 Å². The van der Waals surface area contributed by atoms with Crippen molar-refractivity contribution in [2.24, 2.45) is 5.92 Å². The Morgan fingerprint density at radius 2 is 2.09 bits per heavy atom. The van der Waals surface area contributed by atoms with Crippen LogP contribution in [0.3, 0.4) is 0 Å².